The molecular formula is C54H54S3. The summed E-state index contributed by atoms with van der Waals surface area (Å²) in [6, 6.07) is 28.4. The number of unbranched alkanes of at least 4 members (excludes halogenated alkanes) is 9. The first-order chi connectivity index (χ1) is 28.2. The molecule has 0 radical (unpaired) electrons. The smallest absolute Gasteiger partial charge is 0.0437 e. The molecule has 0 nitrogen and oxygen atoms in total. The minimum atomic E-state index is 1.15. The molecule has 0 bridgehead atoms. The minimum Gasteiger partial charge on any atom is -0.143 e. The molecule has 0 aliphatic heterocycles. The molecule has 57 heavy (non-hydrogen) atoms. The highest BCUT2D eigenvalue weighted by molar-refractivity contribution is 7.20. The third-order valence-corrected chi connectivity index (χ3v) is 16.2. The second kappa shape index (κ2) is 16.0. The van der Waals surface area contributed by atoms with Crippen LogP contribution in [0.5, 0.6) is 0 Å². The zero-order valence-electron chi connectivity index (χ0n) is 34.0. The Morgan fingerprint density at radius 2 is 0.561 bits per heavy atom. The lowest BCUT2D eigenvalue weighted by Gasteiger charge is -2.20. The molecule has 0 fully saturated rings. The number of benzene rings is 7. The van der Waals surface area contributed by atoms with E-state index in [4.69, 9.17) is 0 Å². The van der Waals surface area contributed by atoms with Crippen LogP contribution in [0.4, 0.5) is 0 Å². The molecule has 10 rings (SSSR count). The molecule has 0 saturated carbocycles. The molecule has 0 N–H and O–H groups in total. The topological polar surface area (TPSA) is 0 Å². The van der Waals surface area contributed by atoms with E-state index in [2.05, 4.69) is 110 Å². The lowest BCUT2D eigenvalue weighted by molar-refractivity contribution is 0.669. The van der Waals surface area contributed by atoms with Gasteiger partial charge in [-0.3, -0.25) is 0 Å². The molecule has 0 unspecified atom stereocenters. The first kappa shape index (κ1) is 37.3. The largest absolute Gasteiger partial charge is 0.143 e. The lowest BCUT2D eigenvalue weighted by Crippen LogP contribution is -1.93. The van der Waals surface area contributed by atoms with Crippen molar-refractivity contribution in [2.45, 2.75) is 117 Å². The van der Waals surface area contributed by atoms with E-state index in [1.807, 2.05) is 34.0 Å². The fraction of sp³-hybridized carbons (Fsp3) is 0.333. The van der Waals surface area contributed by atoms with Gasteiger partial charge < -0.3 is 0 Å². The first-order valence-electron chi connectivity index (χ1n) is 22.1. The molecule has 7 aromatic carbocycles. The van der Waals surface area contributed by atoms with Crippen LogP contribution in [0.1, 0.15) is 115 Å². The summed E-state index contributed by atoms with van der Waals surface area (Å²) in [5, 5.41) is 29.5. The Bertz CT molecular complexity index is 2730. The predicted molar refractivity (Wildman–Crippen MR) is 261 cm³/mol. The molecule has 288 valence electrons. The Kier molecular flexibility index (Phi) is 10.4. The van der Waals surface area contributed by atoms with Gasteiger partial charge in [-0.15, -0.1) is 34.0 Å². The van der Waals surface area contributed by atoms with Gasteiger partial charge in [-0.2, -0.15) is 0 Å². The van der Waals surface area contributed by atoms with Gasteiger partial charge in [0.15, 0.2) is 0 Å². The van der Waals surface area contributed by atoms with E-state index < -0.39 is 0 Å². The van der Waals surface area contributed by atoms with E-state index in [1.54, 1.807) is 16.7 Å². The van der Waals surface area contributed by atoms with Crippen LogP contribution in [0.2, 0.25) is 0 Å². The number of thiophene rings is 3. The van der Waals surface area contributed by atoms with E-state index >= 15 is 0 Å². The van der Waals surface area contributed by atoms with Crippen LogP contribution in [0.3, 0.4) is 0 Å². The highest BCUT2D eigenvalue weighted by Gasteiger charge is 2.27. The minimum absolute atomic E-state index is 1.15. The molecule has 0 aliphatic carbocycles. The van der Waals surface area contributed by atoms with E-state index in [0.29, 0.717) is 0 Å². The predicted octanol–water partition coefficient (Wildman–Crippen LogP) is 18.6. The third kappa shape index (κ3) is 6.09. The summed E-state index contributed by atoms with van der Waals surface area (Å²) in [4.78, 5) is 0. The molecular weight excluding hydrogens is 745 g/mol. The molecule has 0 atom stereocenters. The Hall–Kier alpha value is -4.02. The van der Waals surface area contributed by atoms with Crippen molar-refractivity contribution < 1.29 is 0 Å². The van der Waals surface area contributed by atoms with Crippen molar-refractivity contribution in [3.63, 3.8) is 0 Å². The van der Waals surface area contributed by atoms with Crippen molar-refractivity contribution in [2.75, 3.05) is 0 Å². The molecule has 3 heteroatoms. The van der Waals surface area contributed by atoms with Crippen LogP contribution in [-0.4, -0.2) is 0 Å². The van der Waals surface area contributed by atoms with Crippen molar-refractivity contribution in [3.8, 4) is 0 Å². The average molecular weight is 799 g/mol. The molecule has 3 heterocycles. The molecule has 0 saturated heterocycles. The highest BCUT2D eigenvalue weighted by Crippen LogP contribution is 2.55. The Morgan fingerprint density at radius 1 is 0.298 bits per heavy atom. The van der Waals surface area contributed by atoms with E-state index in [0.717, 1.165) is 19.3 Å². The van der Waals surface area contributed by atoms with Crippen molar-refractivity contribution in [1.29, 1.82) is 0 Å². The van der Waals surface area contributed by atoms with Crippen molar-refractivity contribution in [1.82, 2.24) is 0 Å². The van der Waals surface area contributed by atoms with Crippen molar-refractivity contribution >= 4 is 129 Å². The SMILES string of the molecule is CCCCCCc1csc2c1c1ccccc1c1c2c2c3ccccc3c3c(CCCCCC)csc3c2c2c3ccccc3c3c(CCCCCC)csc3c12. The number of hydrogen-bond donors (Lipinski definition) is 0. The monoisotopic (exact) mass is 798 g/mol. The summed E-state index contributed by atoms with van der Waals surface area (Å²) in [5.41, 5.74) is 4.63. The van der Waals surface area contributed by atoms with Gasteiger partial charge in [0.1, 0.15) is 0 Å². The van der Waals surface area contributed by atoms with Gasteiger partial charge in [0, 0.05) is 62.6 Å². The van der Waals surface area contributed by atoms with Gasteiger partial charge >= 0.3 is 0 Å². The fourth-order valence-corrected chi connectivity index (χ4v) is 13.9. The van der Waals surface area contributed by atoms with Gasteiger partial charge in [-0.05, 0) is 104 Å². The first-order valence-corrected chi connectivity index (χ1v) is 24.7. The number of rotatable bonds is 15. The van der Waals surface area contributed by atoms with E-state index in [1.165, 1.54) is 172 Å². The summed E-state index contributed by atoms with van der Waals surface area (Å²) in [6.07, 6.45) is 18.9. The van der Waals surface area contributed by atoms with Crippen molar-refractivity contribution in [2.24, 2.45) is 0 Å². The van der Waals surface area contributed by atoms with Crippen LogP contribution in [0.25, 0.3) is 94.9 Å². The second-order valence-corrected chi connectivity index (χ2v) is 19.4. The summed E-state index contributed by atoms with van der Waals surface area (Å²) in [5.74, 6) is 0. The van der Waals surface area contributed by atoms with Crippen molar-refractivity contribution in [3.05, 3.63) is 106 Å². The van der Waals surface area contributed by atoms with Gasteiger partial charge in [-0.25, -0.2) is 0 Å². The summed E-state index contributed by atoms with van der Waals surface area (Å²) in [6.45, 7) is 6.97. The quantitative estimate of drug-likeness (QED) is 0.0716. The van der Waals surface area contributed by atoms with Crippen LogP contribution < -0.4 is 0 Å². The number of hydrogen-bond acceptors (Lipinski definition) is 3. The molecule has 10 aromatic rings. The van der Waals surface area contributed by atoms with Gasteiger partial charge in [0.05, 0.1) is 0 Å². The Morgan fingerprint density at radius 3 is 0.825 bits per heavy atom. The van der Waals surface area contributed by atoms with Crippen LogP contribution in [0.15, 0.2) is 88.9 Å². The third-order valence-electron chi connectivity index (χ3n) is 13.1. The summed E-state index contributed by atoms with van der Waals surface area (Å²) < 4.78 is 4.46. The summed E-state index contributed by atoms with van der Waals surface area (Å²) in [7, 11) is 0. The number of fused-ring (bicyclic) bond motifs is 21. The maximum Gasteiger partial charge on any atom is 0.0437 e. The maximum atomic E-state index is 2.54. The van der Waals surface area contributed by atoms with Gasteiger partial charge in [-0.1, -0.05) is 151 Å². The Labute approximate surface area is 349 Å². The lowest BCUT2D eigenvalue weighted by atomic mass is 9.83. The molecule has 0 aliphatic rings. The van der Waals surface area contributed by atoms with Crippen LogP contribution in [0, 0.1) is 0 Å². The second-order valence-electron chi connectivity index (χ2n) is 16.7. The molecule has 0 amide bonds. The standard InChI is InChI=1S/C54H54S3/c1-4-7-10-13-22-34-31-55-52-43(34)37-25-16-19-28-40(37)46-49(52)47-41-29-20-17-26-38(41)44-35(23-14-11-8-5-2)33-57-54(44)51(47)48-42-30-21-18-27-39(42)45-36(24-15-12-9-6-3)32-56-53(45)50(46)48/h16-21,25-33H,4-15,22-24H2,1-3H3. The summed E-state index contributed by atoms with van der Waals surface area (Å²) >= 11 is 6.05. The zero-order chi connectivity index (χ0) is 38.5. The maximum absolute atomic E-state index is 2.54. The molecule has 0 spiro atoms. The van der Waals surface area contributed by atoms with Gasteiger partial charge in [0.25, 0.3) is 0 Å². The van der Waals surface area contributed by atoms with E-state index in [-0.39, 0.29) is 0 Å². The normalized spacial score (nSPS) is 12.5. The van der Waals surface area contributed by atoms with E-state index in [9.17, 15) is 0 Å². The zero-order valence-corrected chi connectivity index (χ0v) is 36.4. The van der Waals surface area contributed by atoms with Crippen LogP contribution in [-0.2, 0) is 19.3 Å². The average Bonchev–Trinajstić information content (AvgIpc) is 4.00. The number of aryl methyl sites for hydroxylation is 3. The fourth-order valence-electron chi connectivity index (χ4n) is 10.4. The Balaban J connectivity index is 1.44. The van der Waals surface area contributed by atoms with Crippen LogP contribution >= 0.6 is 34.0 Å². The molecule has 3 aromatic heterocycles. The highest BCUT2D eigenvalue weighted by atomic mass is 32.1. The van der Waals surface area contributed by atoms with Gasteiger partial charge in [0.2, 0.25) is 0 Å².